The van der Waals surface area contributed by atoms with Gasteiger partial charge in [-0.05, 0) is 6.07 Å². The highest BCUT2D eigenvalue weighted by Gasteiger charge is 2.49. The number of ether oxygens (including phenoxy) is 3. The van der Waals surface area contributed by atoms with E-state index >= 15 is 0 Å². The van der Waals surface area contributed by atoms with Crippen molar-refractivity contribution in [2.45, 2.75) is 12.0 Å². The van der Waals surface area contributed by atoms with Gasteiger partial charge in [-0.2, -0.15) is 19.0 Å². The molecule has 154 valence electrons. The van der Waals surface area contributed by atoms with Gasteiger partial charge in [-0.1, -0.05) is 0 Å². The second-order valence-electron chi connectivity index (χ2n) is 6.38. The van der Waals surface area contributed by atoms with Gasteiger partial charge in [0.1, 0.15) is 11.8 Å². The Bertz CT molecular complexity index is 1060. The summed E-state index contributed by atoms with van der Waals surface area (Å²) in [5, 5.41) is 4.21. The van der Waals surface area contributed by atoms with Gasteiger partial charge >= 0.3 is 6.01 Å². The number of halogens is 3. The predicted octanol–water partition coefficient (Wildman–Crippen LogP) is 1.81. The Morgan fingerprint density at radius 3 is 2.59 bits per heavy atom. The van der Waals surface area contributed by atoms with E-state index in [0.29, 0.717) is 5.56 Å². The molecule has 1 aliphatic rings. The van der Waals surface area contributed by atoms with Crippen molar-refractivity contribution in [3.05, 3.63) is 24.4 Å². The SMILES string of the molecule is COc1ncc(-c2cc(N3CC(OC)C(F)(F)C3)c3ncc(F)n3n2)c(OC)n1. The van der Waals surface area contributed by atoms with E-state index in [2.05, 4.69) is 20.1 Å². The zero-order valence-electron chi connectivity index (χ0n) is 15.8. The maximum absolute atomic E-state index is 14.3. The van der Waals surface area contributed by atoms with Crippen molar-refractivity contribution in [1.82, 2.24) is 24.6 Å². The molecule has 0 bridgehead atoms. The topological polar surface area (TPSA) is 86.9 Å². The number of anilines is 1. The molecule has 0 spiro atoms. The summed E-state index contributed by atoms with van der Waals surface area (Å²) in [7, 11) is 4.02. The second-order valence-corrected chi connectivity index (χ2v) is 6.38. The first-order chi connectivity index (χ1) is 13.9. The van der Waals surface area contributed by atoms with Crippen LogP contribution in [-0.2, 0) is 4.74 Å². The highest BCUT2D eigenvalue weighted by atomic mass is 19.3. The largest absolute Gasteiger partial charge is 0.480 e. The number of alkyl halides is 2. The van der Waals surface area contributed by atoms with E-state index in [9.17, 15) is 13.2 Å². The minimum absolute atomic E-state index is 0.0721. The van der Waals surface area contributed by atoms with Crippen molar-refractivity contribution < 1.29 is 27.4 Å². The molecule has 0 aliphatic carbocycles. The average Bonchev–Trinajstić information content (AvgIpc) is 3.25. The van der Waals surface area contributed by atoms with Crippen LogP contribution in [0.15, 0.2) is 18.5 Å². The molecule has 0 amide bonds. The first-order valence-electron chi connectivity index (χ1n) is 8.53. The number of rotatable bonds is 5. The van der Waals surface area contributed by atoms with E-state index in [4.69, 9.17) is 14.2 Å². The third-order valence-corrected chi connectivity index (χ3v) is 4.67. The van der Waals surface area contributed by atoms with Crippen LogP contribution in [0.3, 0.4) is 0 Å². The number of hydrogen-bond donors (Lipinski definition) is 0. The molecule has 1 atom stereocenters. The minimum atomic E-state index is -3.07. The molecule has 9 nitrogen and oxygen atoms in total. The lowest BCUT2D eigenvalue weighted by molar-refractivity contribution is -0.0889. The van der Waals surface area contributed by atoms with Gasteiger partial charge in [0.05, 0.1) is 44.8 Å². The van der Waals surface area contributed by atoms with Crippen molar-refractivity contribution in [3.8, 4) is 23.1 Å². The molecular formula is C17H17F3N6O3. The molecule has 3 aromatic heterocycles. The third-order valence-electron chi connectivity index (χ3n) is 4.67. The van der Waals surface area contributed by atoms with Crippen molar-refractivity contribution in [1.29, 1.82) is 0 Å². The lowest BCUT2D eigenvalue weighted by Crippen LogP contribution is -2.33. The summed E-state index contributed by atoms with van der Waals surface area (Å²) in [4.78, 5) is 13.5. The number of hydrogen-bond acceptors (Lipinski definition) is 8. The molecule has 29 heavy (non-hydrogen) atoms. The highest BCUT2D eigenvalue weighted by molar-refractivity contribution is 5.76. The Kier molecular flexibility index (Phi) is 4.65. The van der Waals surface area contributed by atoms with Crippen molar-refractivity contribution in [2.24, 2.45) is 0 Å². The van der Waals surface area contributed by atoms with Crippen LogP contribution in [0, 0.1) is 5.95 Å². The maximum Gasteiger partial charge on any atom is 0.319 e. The van der Waals surface area contributed by atoms with Gasteiger partial charge in [-0.15, -0.1) is 0 Å². The summed E-state index contributed by atoms with van der Waals surface area (Å²) in [5.41, 5.74) is 0.926. The first kappa shape index (κ1) is 19.2. The average molecular weight is 410 g/mol. The van der Waals surface area contributed by atoms with Crippen LogP contribution < -0.4 is 14.4 Å². The fourth-order valence-electron chi connectivity index (χ4n) is 3.26. The normalized spacial score (nSPS) is 18.4. The highest BCUT2D eigenvalue weighted by Crippen LogP contribution is 2.37. The Hall–Kier alpha value is -3.15. The van der Waals surface area contributed by atoms with Gasteiger partial charge in [0.15, 0.2) is 5.65 Å². The van der Waals surface area contributed by atoms with E-state index in [-0.39, 0.29) is 35.5 Å². The Morgan fingerprint density at radius 1 is 1.14 bits per heavy atom. The standard InChI is InChI=1S/C17H17F3N6O3/c1-27-12-7-25(8-17(12,19)20)11-4-10(24-26-13(18)6-21-14(11)26)9-5-22-16(29-3)23-15(9)28-2/h4-6,12H,7-8H2,1-3H3. The van der Waals surface area contributed by atoms with Crippen LogP contribution in [0.4, 0.5) is 18.9 Å². The molecule has 0 radical (unpaired) electrons. The number of methoxy groups -OCH3 is 3. The molecule has 4 heterocycles. The zero-order chi connectivity index (χ0) is 20.8. The number of aromatic nitrogens is 5. The van der Waals surface area contributed by atoms with Gasteiger partial charge in [0.2, 0.25) is 11.8 Å². The Morgan fingerprint density at radius 2 is 1.93 bits per heavy atom. The maximum atomic E-state index is 14.3. The minimum Gasteiger partial charge on any atom is -0.480 e. The van der Waals surface area contributed by atoms with Crippen LogP contribution in [0.1, 0.15) is 0 Å². The van der Waals surface area contributed by atoms with Gasteiger partial charge in [0.25, 0.3) is 5.92 Å². The molecule has 1 aliphatic heterocycles. The van der Waals surface area contributed by atoms with Gasteiger partial charge in [0, 0.05) is 13.3 Å². The second kappa shape index (κ2) is 7.03. The van der Waals surface area contributed by atoms with Gasteiger partial charge in [-0.3, -0.25) is 0 Å². The van der Waals surface area contributed by atoms with E-state index in [1.807, 2.05) is 0 Å². The summed E-state index contributed by atoms with van der Waals surface area (Å²) in [6.45, 7) is -0.692. The molecule has 0 aromatic carbocycles. The van der Waals surface area contributed by atoms with Crippen LogP contribution in [0.5, 0.6) is 11.9 Å². The van der Waals surface area contributed by atoms with Crippen molar-refractivity contribution in [3.63, 3.8) is 0 Å². The summed E-state index contributed by atoms with van der Waals surface area (Å²) < 4.78 is 58.8. The van der Waals surface area contributed by atoms with E-state index in [1.54, 1.807) is 0 Å². The molecule has 1 unspecified atom stereocenters. The molecular weight excluding hydrogens is 393 g/mol. The fraction of sp³-hybridized carbons (Fsp3) is 0.412. The molecule has 1 fully saturated rings. The van der Waals surface area contributed by atoms with Crippen molar-refractivity contribution in [2.75, 3.05) is 39.3 Å². The number of imidazole rings is 1. The van der Waals surface area contributed by atoms with Gasteiger partial charge in [-0.25, -0.2) is 18.7 Å². The van der Waals surface area contributed by atoms with Crippen LogP contribution in [0.25, 0.3) is 16.9 Å². The quantitative estimate of drug-likeness (QED) is 0.630. The van der Waals surface area contributed by atoms with E-state index < -0.39 is 24.5 Å². The smallest absolute Gasteiger partial charge is 0.319 e. The van der Waals surface area contributed by atoms with Crippen LogP contribution in [-0.4, -0.2) is 71.0 Å². The number of fused-ring (bicyclic) bond motifs is 1. The summed E-state index contributed by atoms with van der Waals surface area (Å²) in [6.07, 6.45) is 1.07. The summed E-state index contributed by atoms with van der Waals surface area (Å²) in [5.74, 6) is -3.68. The summed E-state index contributed by atoms with van der Waals surface area (Å²) in [6, 6.07) is 1.59. The Labute approximate surface area is 163 Å². The van der Waals surface area contributed by atoms with E-state index in [1.165, 1.54) is 38.5 Å². The molecule has 1 saturated heterocycles. The fourth-order valence-corrected chi connectivity index (χ4v) is 3.26. The lowest BCUT2D eigenvalue weighted by atomic mass is 10.2. The first-order valence-corrected chi connectivity index (χ1v) is 8.53. The monoisotopic (exact) mass is 410 g/mol. The molecule has 0 N–H and O–H groups in total. The molecule has 0 saturated carbocycles. The van der Waals surface area contributed by atoms with E-state index in [0.717, 1.165) is 10.7 Å². The molecule has 4 rings (SSSR count). The van der Waals surface area contributed by atoms with Gasteiger partial charge < -0.3 is 19.1 Å². The Balaban J connectivity index is 1.87. The predicted molar refractivity (Wildman–Crippen MR) is 95.0 cm³/mol. The number of nitrogens with zero attached hydrogens (tertiary/aromatic N) is 6. The van der Waals surface area contributed by atoms with Crippen LogP contribution >= 0.6 is 0 Å². The molecule has 12 heteroatoms. The third kappa shape index (κ3) is 3.18. The molecule has 3 aromatic rings. The zero-order valence-corrected chi connectivity index (χ0v) is 15.8. The lowest BCUT2D eigenvalue weighted by Gasteiger charge is -2.19. The van der Waals surface area contributed by atoms with Crippen LogP contribution in [0.2, 0.25) is 0 Å². The van der Waals surface area contributed by atoms with Crippen molar-refractivity contribution >= 4 is 11.3 Å². The summed E-state index contributed by atoms with van der Waals surface area (Å²) >= 11 is 0.